The van der Waals surface area contributed by atoms with Gasteiger partial charge < -0.3 is 21.5 Å². The number of nitrogens with zero attached hydrogens (tertiary/aromatic N) is 1. The Hall–Kier alpha value is -2.34. The van der Waals surface area contributed by atoms with E-state index in [4.69, 9.17) is 5.73 Å². The van der Waals surface area contributed by atoms with Crippen molar-refractivity contribution >= 4 is 28.2 Å². The molecule has 2 aromatic rings. The number of nitrogen functional groups attached to an aromatic ring is 1. The van der Waals surface area contributed by atoms with Gasteiger partial charge in [0.15, 0.2) is 0 Å². The number of aliphatic hydroxyl groups excluding tert-OH is 1. The highest BCUT2D eigenvalue weighted by Crippen LogP contribution is 2.30. The molecule has 0 unspecified atom stereocenters. The summed E-state index contributed by atoms with van der Waals surface area (Å²) in [6.07, 6.45) is 5.70. The van der Waals surface area contributed by atoms with Crippen LogP contribution in [-0.2, 0) is 6.61 Å². The van der Waals surface area contributed by atoms with Crippen molar-refractivity contribution in [1.29, 1.82) is 0 Å². The summed E-state index contributed by atoms with van der Waals surface area (Å²) in [6, 6.07) is 3.98. The van der Waals surface area contributed by atoms with Gasteiger partial charge in [-0.05, 0) is 31.4 Å². The zero-order valence-corrected chi connectivity index (χ0v) is 13.9. The Morgan fingerprint density at radius 3 is 2.88 bits per heavy atom. The van der Waals surface area contributed by atoms with Crippen LogP contribution in [0.15, 0.2) is 18.3 Å². The van der Waals surface area contributed by atoms with Crippen LogP contribution in [-0.4, -0.2) is 28.6 Å². The van der Waals surface area contributed by atoms with Gasteiger partial charge in [0.25, 0.3) is 5.91 Å². The number of benzene rings is 1. The van der Waals surface area contributed by atoms with Gasteiger partial charge in [0.1, 0.15) is 0 Å². The fourth-order valence-corrected chi connectivity index (χ4v) is 2.67. The van der Waals surface area contributed by atoms with Gasteiger partial charge in [0.05, 0.1) is 23.4 Å². The molecule has 1 aliphatic rings. The molecular weight excluding hydrogens is 304 g/mol. The maximum Gasteiger partial charge on any atom is 0.255 e. The van der Waals surface area contributed by atoms with Crippen molar-refractivity contribution in [3.05, 3.63) is 29.5 Å². The Bertz CT molecular complexity index is 756. The lowest BCUT2D eigenvalue weighted by Crippen LogP contribution is -2.26. The number of nitrogens with two attached hydrogens (primary N) is 1. The molecule has 0 radical (unpaired) electrons. The van der Waals surface area contributed by atoms with Gasteiger partial charge >= 0.3 is 0 Å². The van der Waals surface area contributed by atoms with E-state index in [1.54, 1.807) is 0 Å². The molecule has 1 saturated carbocycles. The van der Waals surface area contributed by atoms with E-state index in [9.17, 15) is 9.90 Å². The molecule has 1 aromatic heterocycles. The average Bonchev–Trinajstić information content (AvgIpc) is 3.39. The van der Waals surface area contributed by atoms with Crippen LogP contribution in [0.25, 0.3) is 10.9 Å². The van der Waals surface area contributed by atoms with Gasteiger partial charge in [-0.2, -0.15) is 0 Å². The molecule has 5 N–H and O–H groups in total. The maximum absolute atomic E-state index is 12.3. The standard InChI is InChI=1S/C18H24N4O2/c1-2-3-6-20-15-8-13-16(7-11(15)10-23)21-9-14(17(13)19)18(24)22-12-4-5-12/h7-9,12,20,23H,2-6,10H2,1H3,(H2,19,21)(H,22,24). The first-order chi connectivity index (χ1) is 11.6. The number of aromatic nitrogens is 1. The number of carbonyl (C=O) groups excluding carboxylic acids is 1. The summed E-state index contributed by atoms with van der Waals surface area (Å²) >= 11 is 0. The smallest absolute Gasteiger partial charge is 0.255 e. The van der Waals surface area contributed by atoms with Crippen LogP contribution in [0.5, 0.6) is 0 Å². The Morgan fingerprint density at radius 2 is 2.21 bits per heavy atom. The first-order valence-corrected chi connectivity index (χ1v) is 8.50. The monoisotopic (exact) mass is 328 g/mol. The van der Waals surface area contributed by atoms with E-state index in [0.29, 0.717) is 16.8 Å². The molecule has 6 heteroatoms. The minimum Gasteiger partial charge on any atom is -0.397 e. The number of unbranched alkanes of at least 4 members (excludes halogenated alkanes) is 1. The van der Waals surface area contributed by atoms with Crippen molar-refractivity contribution in [1.82, 2.24) is 10.3 Å². The number of hydrogen-bond acceptors (Lipinski definition) is 5. The van der Waals surface area contributed by atoms with E-state index in [0.717, 1.165) is 48.9 Å². The Kier molecular flexibility index (Phi) is 4.85. The van der Waals surface area contributed by atoms with Crippen LogP contribution < -0.4 is 16.4 Å². The van der Waals surface area contributed by atoms with E-state index in [1.807, 2.05) is 12.1 Å². The Labute approximate surface area is 141 Å². The summed E-state index contributed by atoms with van der Waals surface area (Å²) in [7, 11) is 0. The summed E-state index contributed by atoms with van der Waals surface area (Å²) in [5.74, 6) is -0.170. The minimum atomic E-state index is -0.170. The van der Waals surface area contributed by atoms with Crippen molar-refractivity contribution in [2.24, 2.45) is 0 Å². The number of hydrogen-bond donors (Lipinski definition) is 4. The summed E-state index contributed by atoms with van der Waals surface area (Å²) in [5, 5.41) is 16.6. The number of carbonyl (C=O) groups is 1. The molecule has 128 valence electrons. The van der Waals surface area contributed by atoms with Gasteiger partial charge in [-0.25, -0.2) is 0 Å². The zero-order valence-electron chi connectivity index (χ0n) is 13.9. The molecule has 24 heavy (non-hydrogen) atoms. The third kappa shape index (κ3) is 3.43. The van der Waals surface area contributed by atoms with Crippen molar-refractivity contribution in [2.75, 3.05) is 17.6 Å². The molecule has 0 bridgehead atoms. The number of fused-ring (bicyclic) bond motifs is 1. The zero-order chi connectivity index (χ0) is 17.1. The van der Waals surface area contributed by atoms with Crippen LogP contribution >= 0.6 is 0 Å². The number of anilines is 2. The highest BCUT2D eigenvalue weighted by molar-refractivity contribution is 6.07. The van der Waals surface area contributed by atoms with Crippen molar-refractivity contribution in [2.45, 2.75) is 45.3 Å². The highest BCUT2D eigenvalue weighted by Gasteiger charge is 2.25. The second-order valence-electron chi connectivity index (χ2n) is 6.30. The van der Waals surface area contributed by atoms with E-state index in [2.05, 4.69) is 22.5 Å². The average molecular weight is 328 g/mol. The quantitative estimate of drug-likeness (QED) is 0.585. The Morgan fingerprint density at radius 1 is 1.42 bits per heavy atom. The second kappa shape index (κ2) is 7.05. The molecule has 3 rings (SSSR count). The van der Waals surface area contributed by atoms with Gasteiger partial charge in [-0.1, -0.05) is 13.3 Å². The summed E-state index contributed by atoms with van der Waals surface area (Å²) < 4.78 is 0. The number of aliphatic hydroxyl groups is 1. The van der Waals surface area contributed by atoms with Crippen molar-refractivity contribution in [3.8, 4) is 0 Å². The van der Waals surface area contributed by atoms with Crippen molar-refractivity contribution < 1.29 is 9.90 Å². The van der Waals surface area contributed by atoms with Crippen LogP contribution in [0.1, 0.15) is 48.5 Å². The maximum atomic E-state index is 12.3. The second-order valence-corrected chi connectivity index (χ2v) is 6.30. The van der Waals surface area contributed by atoms with Crippen LogP contribution in [0, 0.1) is 0 Å². The van der Waals surface area contributed by atoms with Gasteiger partial charge in [-0.3, -0.25) is 9.78 Å². The SMILES string of the molecule is CCCCNc1cc2c(N)c(C(=O)NC3CC3)cnc2cc1CO. The third-order valence-electron chi connectivity index (χ3n) is 4.31. The highest BCUT2D eigenvalue weighted by atomic mass is 16.3. The summed E-state index contributed by atoms with van der Waals surface area (Å²) in [4.78, 5) is 16.6. The lowest BCUT2D eigenvalue weighted by Gasteiger charge is -2.14. The number of rotatable bonds is 7. The summed E-state index contributed by atoms with van der Waals surface area (Å²) in [6.45, 7) is 2.88. The topological polar surface area (TPSA) is 100 Å². The number of pyridine rings is 1. The van der Waals surface area contributed by atoms with Crippen LogP contribution in [0.4, 0.5) is 11.4 Å². The first-order valence-electron chi connectivity index (χ1n) is 8.50. The first kappa shape index (κ1) is 16.5. The molecule has 1 fully saturated rings. The normalized spacial score (nSPS) is 13.9. The van der Waals surface area contributed by atoms with E-state index >= 15 is 0 Å². The molecule has 1 aromatic carbocycles. The minimum absolute atomic E-state index is 0.0735. The molecule has 1 aliphatic carbocycles. The lowest BCUT2D eigenvalue weighted by atomic mass is 10.0. The van der Waals surface area contributed by atoms with Gasteiger partial charge in [-0.15, -0.1) is 0 Å². The summed E-state index contributed by atoms with van der Waals surface area (Å²) in [5.41, 5.74) is 9.38. The van der Waals surface area contributed by atoms with Gasteiger partial charge in [0.2, 0.25) is 0 Å². The van der Waals surface area contributed by atoms with Crippen LogP contribution in [0.3, 0.4) is 0 Å². The van der Waals surface area contributed by atoms with E-state index < -0.39 is 0 Å². The van der Waals surface area contributed by atoms with Crippen LogP contribution in [0.2, 0.25) is 0 Å². The fraction of sp³-hybridized carbons (Fsp3) is 0.444. The van der Waals surface area contributed by atoms with Gasteiger partial charge in [0, 0.05) is 35.4 Å². The van der Waals surface area contributed by atoms with E-state index in [-0.39, 0.29) is 18.6 Å². The molecule has 0 atom stereocenters. The molecular formula is C18H24N4O2. The third-order valence-corrected chi connectivity index (χ3v) is 4.31. The Balaban J connectivity index is 1.96. The lowest BCUT2D eigenvalue weighted by molar-refractivity contribution is 0.0951. The molecule has 0 spiro atoms. The number of nitrogens with one attached hydrogen (secondary N) is 2. The molecule has 0 aliphatic heterocycles. The predicted molar refractivity (Wildman–Crippen MR) is 96.0 cm³/mol. The van der Waals surface area contributed by atoms with Crippen molar-refractivity contribution in [3.63, 3.8) is 0 Å². The largest absolute Gasteiger partial charge is 0.397 e. The fourth-order valence-electron chi connectivity index (χ4n) is 2.67. The molecule has 1 amide bonds. The molecule has 1 heterocycles. The molecule has 0 saturated heterocycles. The number of amides is 1. The predicted octanol–water partition coefficient (Wildman–Crippen LogP) is 2.41. The van der Waals surface area contributed by atoms with E-state index in [1.165, 1.54) is 6.20 Å². The molecule has 6 nitrogen and oxygen atoms in total.